The van der Waals surface area contributed by atoms with Crippen molar-refractivity contribution in [3.63, 3.8) is 0 Å². The monoisotopic (exact) mass is 140 g/mol. The van der Waals surface area contributed by atoms with Crippen molar-refractivity contribution in [3.8, 4) is 0 Å². The summed E-state index contributed by atoms with van der Waals surface area (Å²) in [5, 5.41) is 0. The molecule has 0 bridgehead atoms. The van der Waals surface area contributed by atoms with Gasteiger partial charge >= 0.3 is 0 Å². The van der Waals surface area contributed by atoms with Crippen LogP contribution in [0, 0.1) is 0 Å². The first kappa shape index (κ1) is 16.3. The molecular weight excluding hydrogens is 133 g/mol. The fourth-order valence-corrected chi connectivity index (χ4v) is 0. The fourth-order valence-electron chi connectivity index (χ4n) is 0. The largest absolute Gasteiger partial charge is 0.412 e. The van der Waals surface area contributed by atoms with Gasteiger partial charge in [-0.05, 0) is 13.8 Å². The Morgan fingerprint density at radius 1 is 1.33 bits per heavy atom. The zero-order valence-electron chi connectivity index (χ0n) is 4.12. The Labute approximate surface area is 50.0 Å². The smallest absolute Gasteiger partial charge is 0.126 e. The first-order valence-corrected chi connectivity index (χ1v) is 1.20. The minimum absolute atomic E-state index is 0. The molecule has 34 valence electrons. The Hall–Kier alpha value is 0.253. The number of carbonyl (C=O) groups is 1. The van der Waals surface area contributed by atoms with Crippen molar-refractivity contribution >= 4 is 5.78 Å². The second-order valence-electron chi connectivity index (χ2n) is 0.908. The predicted molar refractivity (Wildman–Crippen MR) is 20.0 cm³/mol. The van der Waals surface area contributed by atoms with Crippen LogP contribution >= 0.6 is 0 Å². The summed E-state index contributed by atoms with van der Waals surface area (Å²) in [6.45, 7) is 3.06. The Balaban J connectivity index is -0.0000000450. The van der Waals surface area contributed by atoms with Gasteiger partial charge in [-0.3, -0.25) is 0 Å². The number of rotatable bonds is 0. The molecule has 0 aliphatic heterocycles. The summed E-state index contributed by atoms with van der Waals surface area (Å²) in [4.78, 5) is 9.44. The molecule has 2 N–H and O–H groups in total. The average Bonchev–Trinajstić information content (AvgIpc) is 0.811. The normalized spacial score (nSPS) is 4.33. The van der Waals surface area contributed by atoms with E-state index >= 15 is 0 Å². The SMILES string of the molecule is CC(C)=O.O.[Zn]. The van der Waals surface area contributed by atoms with Gasteiger partial charge in [0.05, 0.1) is 0 Å². The molecule has 0 aliphatic carbocycles. The van der Waals surface area contributed by atoms with Crippen molar-refractivity contribution < 1.29 is 29.7 Å². The van der Waals surface area contributed by atoms with Gasteiger partial charge in [0.1, 0.15) is 5.78 Å². The molecule has 0 fully saturated rings. The quantitative estimate of drug-likeness (QED) is 0.430. The molecule has 0 aromatic rings. The summed E-state index contributed by atoms with van der Waals surface area (Å²) >= 11 is 0. The molecule has 0 saturated heterocycles. The summed E-state index contributed by atoms with van der Waals surface area (Å²) in [7, 11) is 0. The molecule has 0 aliphatic rings. The summed E-state index contributed by atoms with van der Waals surface area (Å²) in [5.74, 6) is 0.167. The molecule has 0 saturated carbocycles. The van der Waals surface area contributed by atoms with Crippen molar-refractivity contribution in [2.45, 2.75) is 13.8 Å². The molecule has 0 radical (unpaired) electrons. The van der Waals surface area contributed by atoms with E-state index in [2.05, 4.69) is 0 Å². The maximum absolute atomic E-state index is 9.44. The van der Waals surface area contributed by atoms with Crippen molar-refractivity contribution in [2.75, 3.05) is 0 Å². The van der Waals surface area contributed by atoms with Gasteiger partial charge in [0.2, 0.25) is 0 Å². The molecule has 0 heterocycles. The van der Waals surface area contributed by atoms with E-state index in [4.69, 9.17) is 0 Å². The third-order valence-electron chi connectivity index (χ3n) is 0. The van der Waals surface area contributed by atoms with Crippen LogP contribution in [0.15, 0.2) is 0 Å². The van der Waals surface area contributed by atoms with Crippen LogP contribution in [0.3, 0.4) is 0 Å². The zero-order valence-corrected chi connectivity index (χ0v) is 7.08. The molecule has 3 heteroatoms. The third kappa shape index (κ3) is 701. The van der Waals surface area contributed by atoms with Gasteiger partial charge < -0.3 is 10.3 Å². The number of hydrogen-bond acceptors (Lipinski definition) is 1. The Bertz CT molecular complexity index is 31.8. The van der Waals surface area contributed by atoms with Gasteiger partial charge in [0, 0.05) is 19.5 Å². The van der Waals surface area contributed by atoms with Crippen molar-refractivity contribution in [1.82, 2.24) is 0 Å². The summed E-state index contributed by atoms with van der Waals surface area (Å²) in [5.41, 5.74) is 0. The predicted octanol–water partition coefficient (Wildman–Crippen LogP) is -0.232. The van der Waals surface area contributed by atoms with Gasteiger partial charge in [-0.15, -0.1) is 0 Å². The van der Waals surface area contributed by atoms with Crippen LogP contribution in [-0.2, 0) is 24.3 Å². The van der Waals surface area contributed by atoms with Crippen LogP contribution in [0.5, 0.6) is 0 Å². The molecule has 0 aromatic carbocycles. The minimum atomic E-state index is 0. The fraction of sp³-hybridized carbons (Fsp3) is 0.667. The van der Waals surface area contributed by atoms with E-state index in [-0.39, 0.29) is 30.7 Å². The topological polar surface area (TPSA) is 48.6 Å². The zero-order chi connectivity index (χ0) is 3.58. The second kappa shape index (κ2) is 8.98. The molecule has 0 aromatic heterocycles. The number of Topliss-reactive ketones (excluding diaryl/α,β-unsaturated/α-hetero) is 1. The van der Waals surface area contributed by atoms with Gasteiger partial charge in [0.25, 0.3) is 0 Å². The third-order valence-corrected chi connectivity index (χ3v) is 0. The summed E-state index contributed by atoms with van der Waals surface area (Å²) in [6.07, 6.45) is 0. The van der Waals surface area contributed by atoms with Crippen molar-refractivity contribution in [2.24, 2.45) is 0 Å². The molecule has 0 amide bonds. The van der Waals surface area contributed by atoms with Gasteiger partial charge in [-0.1, -0.05) is 0 Å². The van der Waals surface area contributed by atoms with Crippen molar-refractivity contribution in [3.05, 3.63) is 0 Å². The number of hydrogen-bond donors (Lipinski definition) is 0. The maximum atomic E-state index is 9.44. The summed E-state index contributed by atoms with van der Waals surface area (Å²) in [6, 6.07) is 0. The van der Waals surface area contributed by atoms with E-state index in [0.717, 1.165) is 0 Å². The Morgan fingerprint density at radius 2 is 1.33 bits per heavy atom. The molecule has 0 spiro atoms. The van der Waals surface area contributed by atoms with Gasteiger partial charge in [-0.2, -0.15) is 0 Å². The molecule has 0 rings (SSSR count). The molecule has 0 unspecified atom stereocenters. The molecule has 6 heavy (non-hydrogen) atoms. The minimum Gasteiger partial charge on any atom is -0.412 e. The van der Waals surface area contributed by atoms with Gasteiger partial charge in [0.15, 0.2) is 0 Å². The van der Waals surface area contributed by atoms with Crippen LogP contribution in [0.25, 0.3) is 0 Å². The first-order chi connectivity index (χ1) is 1.73. The van der Waals surface area contributed by atoms with E-state index in [9.17, 15) is 4.79 Å². The average molecular weight is 141 g/mol. The molecular formula is C3H8O2Zn. The van der Waals surface area contributed by atoms with E-state index in [1.807, 2.05) is 0 Å². The van der Waals surface area contributed by atoms with Crippen LogP contribution in [0.4, 0.5) is 0 Å². The second-order valence-corrected chi connectivity index (χ2v) is 0.908. The van der Waals surface area contributed by atoms with Crippen LogP contribution in [-0.4, -0.2) is 11.3 Å². The Morgan fingerprint density at radius 3 is 1.33 bits per heavy atom. The Kier molecular flexibility index (Phi) is 24.4. The van der Waals surface area contributed by atoms with E-state index in [1.165, 1.54) is 13.8 Å². The van der Waals surface area contributed by atoms with Crippen molar-refractivity contribution in [1.29, 1.82) is 0 Å². The molecule has 0 atom stereocenters. The van der Waals surface area contributed by atoms with Crippen LogP contribution in [0.1, 0.15) is 13.8 Å². The summed E-state index contributed by atoms with van der Waals surface area (Å²) < 4.78 is 0. The maximum Gasteiger partial charge on any atom is 0.126 e. The van der Waals surface area contributed by atoms with Crippen LogP contribution in [0.2, 0.25) is 0 Å². The number of ketones is 1. The number of carbonyl (C=O) groups excluding carboxylic acids is 1. The van der Waals surface area contributed by atoms with Gasteiger partial charge in [-0.25, -0.2) is 0 Å². The van der Waals surface area contributed by atoms with Crippen LogP contribution < -0.4 is 0 Å². The van der Waals surface area contributed by atoms with E-state index in [0.29, 0.717) is 0 Å². The van der Waals surface area contributed by atoms with E-state index in [1.54, 1.807) is 0 Å². The van der Waals surface area contributed by atoms with E-state index < -0.39 is 0 Å². The molecule has 2 nitrogen and oxygen atoms in total. The first-order valence-electron chi connectivity index (χ1n) is 1.20. The standard InChI is InChI=1S/C3H6O.H2O.Zn/c1-3(2)4;;/h1-2H3;1H2;.